The number of amides is 3. The lowest BCUT2D eigenvalue weighted by molar-refractivity contribution is -0.169. The summed E-state index contributed by atoms with van der Waals surface area (Å²) in [6.45, 7) is 9.46. The highest BCUT2D eigenvalue weighted by Gasteiger charge is 2.64. The van der Waals surface area contributed by atoms with E-state index in [0.717, 1.165) is 12.8 Å². The number of nitrogens with zero attached hydrogens (tertiary/aromatic N) is 1. The number of carbonyl (C=O) groups is 3. The van der Waals surface area contributed by atoms with E-state index in [2.05, 4.69) is 5.32 Å². The second-order valence-electron chi connectivity index (χ2n) is 7.10. The Kier molecular flexibility index (Phi) is 3.43. The molecule has 1 aliphatic carbocycles. The van der Waals surface area contributed by atoms with E-state index in [4.69, 9.17) is 0 Å². The Bertz CT molecular complexity index is 470. The van der Waals surface area contributed by atoms with Gasteiger partial charge < -0.3 is 5.32 Å². The molecule has 2 unspecified atom stereocenters. The minimum atomic E-state index is -0.538. The first-order valence-corrected chi connectivity index (χ1v) is 7.26. The highest BCUT2D eigenvalue weighted by molar-refractivity contribution is 6.06. The molecule has 5 heteroatoms. The molecule has 1 heterocycles. The van der Waals surface area contributed by atoms with Crippen LogP contribution in [-0.2, 0) is 14.4 Å². The van der Waals surface area contributed by atoms with Crippen molar-refractivity contribution in [2.24, 2.45) is 16.7 Å². The molecule has 1 N–H and O–H groups in total. The van der Waals surface area contributed by atoms with E-state index in [0.29, 0.717) is 0 Å². The number of carbonyl (C=O) groups excluding carboxylic acids is 3. The number of hydrogen-bond donors (Lipinski definition) is 1. The predicted octanol–water partition coefficient (Wildman–Crippen LogP) is 1.32. The summed E-state index contributed by atoms with van der Waals surface area (Å²) in [6, 6.07) is 0.00115. The molecule has 2 atom stereocenters. The second kappa shape index (κ2) is 4.57. The van der Waals surface area contributed by atoms with Crippen LogP contribution in [0.1, 0.15) is 47.5 Å². The minimum absolute atomic E-state index is 0.00115. The summed E-state index contributed by atoms with van der Waals surface area (Å²) in [5.41, 5.74) is -0.865. The van der Waals surface area contributed by atoms with Gasteiger partial charge in [-0.15, -0.1) is 0 Å². The minimum Gasteiger partial charge on any atom is -0.352 e. The van der Waals surface area contributed by atoms with Gasteiger partial charge in [-0.3, -0.25) is 19.3 Å². The number of rotatable bonds is 3. The largest absolute Gasteiger partial charge is 0.352 e. The van der Waals surface area contributed by atoms with Crippen molar-refractivity contribution >= 4 is 17.7 Å². The third-order valence-corrected chi connectivity index (χ3v) is 5.26. The van der Waals surface area contributed by atoms with Gasteiger partial charge in [-0.2, -0.15) is 0 Å². The van der Waals surface area contributed by atoms with E-state index < -0.39 is 5.41 Å². The first kappa shape index (κ1) is 15.0. The number of hydrogen-bond acceptors (Lipinski definition) is 3. The molecule has 0 aromatic rings. The van der Waals surface area contributed by atoms with Crippen molar-refractivity contribution in [3.63, 3.8) is 0 Å². The van der Waals surface area contributed by atoms with Gasteiger partial charge in [-0.25, -0.2) is 0 Å². The number of fused-ring (bicyclic) bond motifs is 2. The predicted molar refractivity (Wildman–Crippen MR) is 74.6 cm³/mol. The van der Waals surface area contributed by atoms with Gasteiger partial charge in [0.15, 0.2) is 0 Å². The lowest BCUT2D eigenvalue weighted by Crippen LogP contribution is -2.60. The van der Waals surface area contributed by atoms with Crippen molar-refractivity contribution in [2.75, 3.05) is 6.54 Å². The molecule has 2 rings (SSSR count). The Labute approximate surface area is 120 Å². The zero-order chi connectivity index (χ0) is 15.3. The van der Waals surface area contributed by atoms with Crippen LogP contribution in [0.15, 0.2) is 0 Å². The highest BCUT2D eigenvalue weighted by Crippen LogP contribution is 2.59. The van der Waals surface area contributed by atoms with Crippen molar-refractivity contribution in [3.05, 3.63) is 0 Å². The van der Waals surface area contributed by atoms with Crippen molar-refractivity contribution in [3.8, 4) is 0 Å². The van der Waals surface area contributed by atoms with Crippen molar-refractivity contribution in [2.45, 2.75) is 53.5 Å². The van der Waals surface area contributed by atoms with E-state index in [1.165, 1.54) is 4.90 Å². The summed E-state index contributed by atoms with van der Waals surface area (Å²) in [6.07, 6.45) is 1.45. The smallest absolute Gasteiger partial charge is 0.240 e. The maximum absolute atomic E-state index is 12.7. The average Bonchev–Trinajstić information content (AvgIpc) is 2.50. The van der Waals surface area contributed by atoms with Gasteiger partial charge in [0.25, 0.3) is 0 Å². The molecular formula is C15H24N2O3. The fourth-order valence-electron chi connectivity index (χ4n) is 3.56. The maximum atomic E-state index is 12.7. The summed E-state index contributed by atoms with van der Waals surface area (Å²) in [5, 5.41) is 2.73. The lowest BCUT2D eigenvalue weighted by Gasteiger charge is -2.47. The quantitative estimate of drug-likeness (QED) is 0.793. The molecule has 5 nitrogen and oxygen atoms in total. The third-order valence-electron chi connectivity index (χ3n) is 5.26. The number of imide groups is 1. The summed E-state index contributed by atoms with van der Waals surface area (Å²) in [4.78, 5) is 38.2. The SMILES string of the molecule is CC(C)NC(=O)CN1C(=O)C2CCC(C)(C1=O)C2(C)C. The van der Waals surface area contributed by atoms with E-state index in [-0.39, 0.29) is 41.6 Å². The first-order chi connectivity index (χ1) is 9.11. The summed E-state index contributed by atoms with van der Waals surface area (Å²) < 4.78 is 0. The molecule has 2 fully saturated rings. The van der Waals surface area contributed by atoms with Gasteiger partial charge in [0, 0.05) is 12.0 Å². The van der Waals surface area contributed by atoms with E-state index in [1.807, 2.05) is 34.6 Å². The Hall–Kier alpha value is -1.39. The van der Waals surface area contributed by atoms with Gasteiger partial charge in [0.1, 0.15) is 6.54 Å². The zero-order valence-electron chi connectivity index (χ0n) is 12.9. The Morgan fingerprint density at radius 3 is 2.50 bits per heavy atom. The fourth-order valence-corrected chi connectivity index (χ4v) is 3.56. The van der Waals surface area contributed by atoms with Crippen LogP contribution in [0, 0.1) is 16.7 Å². The Morgan fingerprint density at radius 1 is 1.35 bits per heavy atom. The maximum Gasteiger partial charge on any atom is 0.240 e. The third kappa shape index (κ3) is 1.95. The Balaban J connectivity index is 2.23. The first-order valence-electron chi connectivity index (χ1n) is 7.26. The molecule has 1 aliphatic heterocycles. The van der Waals surface area contributed by atoms with Crippen molar-refractivity contribution in [1.82, 2.24) is 10.2 Å². The van der Waals surface area contributed by atoms with Crippen LogP contribution in [0.2, 0.25) is 0 Å². The highest BCUT2D eigenvalue weighted by atomic mass is 16.2. The molecular weight excluding hydrogens is 256 g/mol. The lowest BCUT2D eigenvalue weighted by atomic mass is 9.62. The molecule has 1 saturated carbocycles. The van der Waals surface area contributed by atoms with Crippen molar-refractivity contribution < 1.29 is 14.4 Å². The van der Waals surface area contributed by atoms with Crippen LogP contribution in [0.5, 0.6) is 0 Å². The topological polar surface area (TPSA) is 66.5 Å². The summed E-state index contributed by atoms with van der Waals surface area (Å²) >= 11 is 0. The van der Waals surface area contributed by atoms with E-state index in [1.54, 1.807) is 0 Å². The molecule has 20 heavy (non-hydrogen) atoms. The van der Waals surface area contributed by atoms with Gasteiger partial charge in [0.05, 0.1) is 5.41 Å². The molecule has 2 bridgehead atoms. The van der Waals surface area contributed by atoms with Crippen molar-refractivity contribution in [1.29, 1.82) is 0 Å². The van der Waals surface area contributed by atoms with Crippen LogP contribution in [0.4, 0.5) is 0 Å². The molecule has 0 spiro atoms. The molecule has 0 radical (unpaired) electrons. The molecule has 1 saturated heterocycles. The molecule has 112 valence electrons. The fraction of sp³-hybridized carbons (Fsp3) is 0.800. The molecule has 2 aliphatic rings. The number of nitrogens with one attached hydrogen (secondary N) is 1. The standard InChI is InChI=1S/C15H24N2O3/c1-9(2)16-11(18)8-17-12(19)10-6-7-15(5,13(17)20)14(10,3)4/h9-10H,6-8H2,1-5H3,(H,16,18). The van der Waals surface area contributed by atoms with E-state index in [9.17, 15) is 14.4 Å². The summed E-state index contributed by atoms with van der Waals surface area (Å²) in [7, 11) is 0. The van der Waals surface area contributed by atoms with Crippen LogP contribution in [0.25, 0.3) is 0 Å². The van der Waals surface area contributed by atoms with Gasteiger partial charge in [-0.05, 0) is 32.1 Å². The zero-order valence-corrected chi connectivity index (χ0v) is 12.9. The van der Waals surface area contributed by atoms with Crippen LogP contribution in [-0.4, -0.2) is 35.2 Å². The average molecular weight is 280 g/mol. The number of likely N-dealkylation sites (tertiary alicyclic amines) is 1. The molecule has 0 aromatic heterocycles. The molecule has 0 aromatic carbocycles. The van der Waals surface area contributed by atoms with Gasteiger partial charge >= 0.3 is 0 Å². The second-order valence-corrected chi connectivity index (χ2v) is 7.10. The van der Waals surface area contributed by atoms with Gasteiger partial charge in [-0.1, -0.05) is 20.8 Å². The summed E-state index contributed by atoms with van der Waals surface area (Å²) in [5.74, 6) is -0.810. The van der Waals surface area contributed by atoms with Gasteiger partial charge in [0.2, 0.25) is 17.7 Å². The monoisotopic (exact) mass is 280 g/mol. The normalized spacial score (nSPS) is 31.9. The van der Waals surface area contributed by atoms with Crippen LogP contribution < -0.4 is 5.32 Å². The number of piperidine rings is 1. The van der Waals surface area contributed by atoms with E-state index >= 15 is 0 Å². The van der Waals surface area contributed by atoms with Crippen LogP contribution in [0.3, 0.4) is 0 Å². The molecule has 3 amide bonds. The Morgan fingerprint density at radius 2 is 1.95 bits per heavy atom. The van der Waals surface area contributed by atoms with Crippen LogP contribution >= 0.6 is 0 Å².